The number of carbonyl (C=O) groups is 1. The Bertz CT molecular complexity index is 1410. The van der Waals surface area contributed by atoms with E-state index >= 15 is 0 Å². The Hall–Kier alpha value is -4.05. The van der Waals surface area contributed by atoms with Crippen LogP contribution in [0, 0.1) is 0 Å². The van der Waals surface area contributed by atoms with Gasteiger partial charge in [-0.3, -0.25) is 4.79 Å². The largest absolute Gasteiger partial charge is 0.486 e. The van der Waals surface area contributed by atoms with E-state index in [-0.39, 0.29) is 18.8 Å². The molecule has 0 unspecified atom stereocenters. The molecule has 0 saturated heterocycles. The summed E-state index contributed by atoms with van der Waals surface area (Å²) in [5.41, 5.74) is 2.05. The summed E-state index contributed by atoms with van der Waals surface area (Å²) in [4.78, 5) is 16.3. The maximum atomic E-state index is 11.9. The van der Waals surface area contributed by atoms with Crippen molar-refractivity contribution in [2.45, 2.75) is 13.0 Å². The number of aromatic nitrogens is 7. The zero-order valence-electron chi connectivity index (χ0n) is 16.8. The number of esters is 1. The first-order valence-electron chi connectivity index (χ1n) is 9.63. The van der Waals surface area contributed by atoms with Crippen molar-refractivity contribution in [3.05, 3.63) is 71.1 Å². The van der Waals surface area contributed by atoms with Crippen molar-refractivity contribution in [3.63, 3.8) is 0 Å². The smallest absolute Gasteiger partial charge is 0.311 e. The number of methoxy groups -OCH3 is 1. The summed E-state index contributed by atoms with van der Waals surface area (Å²) in [6.45, 7) is 0.152. The first kappa shape index (κ1) is 19.9. The SMILES string of the molecule is COC(=O)Cc1nn(-c2ccc(Cl)cc2)c2c1nnc1nc(COc3ccccc3)nn12. The quantitative estimate of drug-likeness (QED) is 0.364. The standard InChI is InChI=1S/C21H16ClN7O3/c1-31-18(30)11-16-19-20(28(26-16)14-9-7-13(22)8-10-14)29-21(25-24-19)23-17(27-29)12-32-15-5-3-2-4-6-15/h2-10H,11-12H2,1H3. The molecule has 0 aliphatic carbocycles. The Morgan fingerprint density at radius 2 is 1.81 bits per heavy atom. The fourth-order valence-corrected chi connectivity index (χ4v) is 3.33. The lowest BCUT2D eigenvalue weighted by molar-refractivity contribution is -0.139. The summed E-state index contributed by atoms with van der Waals surface area (Å²) in [6, 6.07) is 16.5. The van der Waals surface area contributed by atoms with Crippen molar-refractivity contribution < 1.29 is 14.3 Å². The van der Waals surface area contributed by atoms with Gasteiger partial charge in [0.25, 0.3) is 5.78 Å². The Kier molecular flexibility index (Phi) is 5.12. The molecule has 0 N–H and O–H groups in total. The van der Waals surface area contributed by atoms with E-state index in [1.54, 1.807) is 28.9 Å². The zero-order chi connectivity index (χ0) is 22.1. The maximum Gasteiger partial charge on any atom is 0.311 e. The first-order valence-corrected chi connectivity index (χ1v) is 10.0. The number of hydrogen-bond acceptors (Lipinski definition) is 8. The monoisotopic (exact) mass is 449 g/mol. The number of carbonyl (C=O) groups excluding carboxylic acids is 1. The lowest BCUT2D eigenvalue weighted by Gasteiger charge is -2.04. The third kappa shape index (κ3) is 3.71. The minimum absolute atomic E-state index is 0.0630. The summed E-state index contributed by atoms with van der Waals surface area (Å²) in [5, 5.41) is 18.1. The summed E-state index contributed by atoms with van der Waals surface area (Å²) >= 11 is 6.04. The minimum Gasteiger partial charge on any atom is -0.486 e. The van der Waals surface area contributed by atoms with Crippen LogP contribution in [0.25, 0.3) is 22.6 Å². The van der Waals surface area contributed by atoms with Gasteiger partial charge < -0.3 is 9.47 Å². The van der Waals surface area contributed by atoms with Crippen LogP contribution < -0.4 is 4.74 Å². The molecule has 0 radical (unpaired) electrons. The fourth-order valence-electron chi connectivity index (χ4n) is 3.20. The molecule has 0 aliphatic heterocycles. The second-order valence-electron chi connectivity index (χ2n) is 6.80. The number of benzene rings is 2. The van der Waals surface area contributed by atoms with Gasteiger partial charge in [-0.15, -0.1) is 15.3 Å². The molecular formula is C21H16ClN7O3. The molecule has 2 aromatic carbocycles. The average molecular weight is 450 g/mol. The van der Waals surface area contributed by atoms with Crippen LogP contribution in [0.4, 0.5) is 0 Å². The molecule has 0 atom stereocenters. The summed E-state index contributed by atoms with van der Waals surface area (Å²) < 4.78 is 13.7. The summed E-state index contributed by atoms with van der Waals surface area (Å²) in [5.74, 6) is 0.970. The molecule has 0 fully saturated rings. The molecule has 0 saturated carbocycles. The van der Waals surface area contributed by atoms with E-state index in [2.05, 4.69) is 25.4 Å². The van der Waals surface area contributed by atoms with Crippen molar-refractivity contribution in [2.75, 3.05) is 7.11 Å². The van der Waals surface area contributed by atoms with Gasteiger partial charge in [0.15, 0.2) is 17.0 Å². The second kappa shape index (κ2) is 8.23. The second-order valence-corrected chi connectivity index (χ2v) is 7.24. The van der Waals surface area contributed by atoms with Crippen LogP contribution in [0.2, 0.25) is 5.02 Å². The Labute approximate surface area is 186 Å². The van der Waals surface area contributed by atoms with Crippen LogP contribution in [0.3, 0.4) is 0 Å². The Morgan fingerprint density at radius 3 is 2.56 bits per heavy atom. The van der Waals surface area contributed by atoms with E-state index in [0.29, 0.717) is 39.1 Å². The highest BCUT2D eigenvalue weighted by Gasteiger charge is 2.21. The number of ether oxygens (including phenoxy) is 2. The molecule has 5 aromatic rings. The highest BCUT2D eigenvalue weighted by Crippen LogP contribution is 2.22. The van der Waals surface area contributed by atoms with Gasteiger partial charge >= 0.3 is 5.97 Å². The number of hydrogen-bond donors (Lipinski definition) is 0. The van der Waals surface area contributed by atoms with E-state index in [0.717, 1.165) is 0 Å². The lowest BCUT2D eigenvalue weighted by atomic mass is 10.3. The van der Waals surface area contributed by atoms with Crippen LogP contribution in [0.15, 0.2) is 54.6 Å². The van der Waals surface area contributed by atoms with Crippen LogP contribution in [-0.4, -0.2) is 47.7 Å². The van der Waals surface area contributed by atoms with Gasteiger partial charge in [0.1, 0.15) is 18.1 Å². The van der Waals surface area contributed by atoms with Crippen LogP contribution in [0.1, 0.15) is 11.5 Å². The average Bonchev–Trinajstić information content (AvgIpc) is 3.40. The van der Waals surface area contributed by atoms with Gasteiger partial charge in [0, 0.05) is 5.02 Å². The highest BCUT2D eigenvalue weighted by atomic mass is 35.5. The molecule has 11 heteroatoms. The Morgan fingerprint density at radius 1 is 1.03 bits per heavy atom. The third-order valence-electron chi connectivity index (χ3n) is 4.70. The number of halogens is 1. The number of nitrogens with zero attached hydrogens (tertiary/aromatic N) is 7. The van der Waals surface area contributed by atoms with Gasteiger partial charge in [0.2, 0.25) is 0 Å². The van der Waals surface area contributed by atoms with Gasteiger partial charge in [-0.1, -0.05) is 29.8 Å². The predicted octanol–water partition coefficient (Wildman–Crippen LogP) is 2.81. The van der Waals surface area contributed by atoms with Crippen molar-refractivity contribution in [1.82, 2.24) is 34.6 Å². The van der Waals surface area contributed by atoms with Crippen LogP contribution >= 0.6 is 11.6 Å². The molecule has 10 nitrogen and oxygen atoms in total. The van der Waals surface area contributed by atoms with E-state index in [1.165, 1.54) is 11.6 Å². The maximum absolute atomic E-state index is 11.9. The van der Waals surface area contributed by atoms with E-state index in [9.17, 15) is 4.79 Å². The molecule has 5 rings (SSSR count). The molecule has 160 valence electrons. The van der Waals surface area contributed by atoms with Crippen molar-refractivity contribution in [1.29, 1.82) is 0 Å². The van der Waals surface area contributed by atoms with E-state index in [4.69, 9.17) is 21.1 Å². The number of fused-ring (bicyclic) bond motifs is 3. The van der Waals surface area contributed by atoms with Crippen molar-refractivity contribution in [3.8, 4) is 11.4 Å². The van der Waals surface area contributed by atoms with Crippen LogP contribution in [0.5, 0.6) is 5.75 Å². The molecule has 3 heterocycles. The van der Waals surface area contributed by atoms with Crippen molar-refractivity contribution >= 4 is 34.5 Å². The minimum atomic E-state index is -0.440. The number of rotatable bonds is 6. The molecule has 0 amide bonds. The summed E-state index contributed by atoms with van der Waals surface area (Å²) in [7, 11) is 1.32. The normalized spacial score (nSPS) is 11.2. The van der Waals surface area contributed by atoms with E-state index in [1.807, 2.05) is 30.3 Å². The molecule has 0 aliphatic rings. The summed E-state index contributed by atoms with van der Waals surface area (Å²) in [6.07, 6.45) is -0.0630. The number of para-hydroxylation sites is 1. The molecule has 0 bridgehead atoms. The molecule has 0 spiro atoms. The van der Waals surface area contributed by atoms with Crippen molar-refractivity contribution in [2.24, 2.45) is 0 Å². The van der Waals surface area contributed by atoms with Gasteiger partial charge in [-0.2, -0.15) is 14.6 Å². The fraction of sp³-hybridized carbons (Fsp3) is 0.143. The highest BCUT2D eigenvalue weighted by molar-refractivity contribution is 6.30. The third-order valence-corrected chi connectivity index (χ3v) is 4.95. The van der Waals surface area contributed by atoms with Gasteiger partial charge in [-0.05, 0) is 36.4 Å². The Balaban J connectivity index is 1.62. The molecule has 3 aromatic heterocycles. The topological polar surface area (TPSA) is 109 Å². The van der Waals surface area contributed by atoms with Gasteiger partial charge in [0.05, 0.1) is 19.2 Å². The zero-order valence-corrected chi connectivity index (χ0v) is 17.6. The predicted molar refractivity (Wildman–Crippen MR) is 115 cm³/mol. The van der Waals surface area contributed by atoms with Gasteiger partial charge in [-0.25, -0.2) is 4.68 Å². The molecule has 32 heavy (non-hydrogen) atoms. The lowest BCUT2D eigenvalue weighted by Crippen LogP contribution is -2.06. The van der Waals surface area contributed by atoms with E-state index < -0.39 is 5.97 Å². The van der Waals surface area contributed by atoms with Crippen LogP contribution in [-0.2, 0) is 22.6 Å². The first-order chi connectivity index (χ1) is 15.6. The molecular weight excluding hydrogens is 434 g/mol.